The molecule has 0 atom stereocenters. The van der Waals surface area contributed by atoms with Gasteiger partial charge in [0.05, 0.1) is 12.7 Å². The number of alkyl halides is 2. The van der Waals surface area contributed by atoms with Gasteiger partial charge in [-0.3, -0.25) is 0 Å². The number of nitriles is 1. The van der Waals surface area contributed by atoms with Gasteiger partial charge in [-0.05, 0) is 42.3 Å². The molecule has 1 aromatic heterocycles. The van der Waals surface area contributed by atoms with Crippen molar-refractivity contribution < 1.29 is 32.6 Å². The first-order valence-electron chi connectivity index (χ1n) is 9.72. The number of cyclic esters (lactones) is 2. The SMILES string of the molecule is COc1ccc(C=C2C(=O)OC(C)(C)OC2=O)cc1CSc1nc(C(F)F)cc(C)c1C#N. The summed E-state index contributed by atoms with van der Waals surface area (Å²) >= 11 is 1.10. The predicted octanol–water partition coefficient (Wildman–Crippen LogP) is 4.72. The lowest BCUT2D eigenvalue weighted by atomic mass is 10.1. The minimum atomic E-state index is -2.76. The highest BCUT2D eigenvalue weighted by Gasteiger charge is 2.38. The molecule has 2 heterocycles. The first kappa shape index (κ1) is 24.2. The van der Waals surface area contributed by atoms with Crippen molar-refractivity contribution in [3.63, 3.8) is 0 Å². The number of pyridine rings is 1. The predicted molar refractivity (Wildman–Crippen MR) is 115 cm³/mol. The number of esters is 2. The summed E-state index contributed by atoms with van der Waals surface area (Å²) in [6, 6.07) is 8.16. The van der Waals surface area contributed by atoms with Gasteiger partial charge in [-0.15, -0.1) is 11.8 Å². The summed E-state index contributed by atoms with van der Waals surface area (Å²) in [4.78, 5) is 28.4. The van der Waals surface area contributed by atoms with Crippen LogP contribution in [0.2, 0.25) is 0 Å². The standard InChI is InChI=1S/C23H20F2N2O5S/c1-12-7-17(19(24)25)27-20(16(12)10-26)33-11-14-8-13(5-6-18(14)30-4)9-15-21(28)31-23(2,3)32-22(15)29/h5-9,19H,11H2,1-4H3. The van der Waals surface area contributed by atoms with E-state index in [-0.39, 0.29) is 21.9 Å². The number of aromatic nitrogens is 1. The van der Waals surface area contributed by atoms with Crippen LogP contribution in [0, 0.1) is 18.3 Å². The quantitative estimate of drug-likeness (QED) is 0.257. The first-order valence-corrected chi connectivity index (χ1v) is 10.7. The molecule has 0 radical (unpaired) electrons. The molecule has 0 N–H and O–H groups in total. The zero-order valence-corrected chi connectivity index (χ0v) is 19.1. The van der Waals surface area contributed by atoms with Crippen molar-refractivity contribution in [2.24, 2.45) is 0 Å². The fourth-order valence-electron chi connectivity index (χ4n) is 3.11. The van der Waals surface area contributed by atoms with Crippen molar-refractivity contribution in [3.05, 3.63) is 57.8 Å². The van der Waals surface area contributed by atoms with Crippen LogP contribution in [0.5, 0.6) is 5.75 Å². The molecular weight excluding hydrogens is 454 g/mol. The van der Waals surface area contributed by atoms with Crippen molar-refractivity contribution in [1.82, 2.24) is 4.98 Å². The van der Waals surface area contributed by atoms with Gasteiger partial charge in [-0.25, -0.2) is 23.4 Å². The van der Waals surface area contributed by atoms with Crippen molar-refractivity contribution >= 4 is 29.8 Å². The van der Waals surface area contributed by atoms with Gasteiger partial charge in [-0.1, -0.05) is 6.07 Å². The molecule has 0 amide bonds. The van der Waals surface area contributed by atoms with E-state index in [0.29, 0.717) is 22.4 Å². The molecule has 0 saturated carbocycles. The number of carbonyl (C=O) groups excluding carboxylic acids is 2. The minimum absolute atomic E-state index is 0.181. The van der Waals surface area contributed by atoms with Crippen molar-refractivity contribution in [2.75, 3.05) is 7.11 Å². The van der Waals surface area contributed by atoms with Gasteiger partial charge in [0.2, 0.25) is 0 Å². The van der Waals surface area contributed by atoms with Crippen LogP contribution in [-0.2, 0) is 24.8 Å². The van der Waals surface area contributed by atoms with E-state index in [1.165, 1.54) is 33.1 Å². The number of rotatable bonds is 6. The Morgan fingerprint density at radius 1 is 1.24 bits per heavy atom. The van der Waals surface area contributed by atoms with Crippen LogP contribution in [-0.4, -0.2) is 29.8 Å². The number of ether oxygens (including phenoxy) is 3. The molecular formula is C23H20F2N2O5S. The molecule has 10 heteroatoms. The zero-order valence-electron chi connectivity index (χ0n) is 18.3. The summed E-state index contributed by atoms with van der Waals surface area (Å²) in [5.41, 5.74) is 1.11. The lowest BCUT2D eigenvalue weighted by Crippen LogP contribution is -2.41. The van der Waals surface area contributed by atoms with Crippen LogP contribution >= 0.6 is 11.8 Å². The average molecular weight is 474 g/mol. The van der Waals surface area contributed by atoms with Crippen molar-refractivity contribution in [3.8, 4) is 11.8 Å². The van der Waals surface area contributed by atoms with Gasteiger partial charge in [0, 0.05) is 25.2 Å². The molecule has 33 heavy (non-hydrogen) atoms. The van der Waals surface area contributed by atoms with Crippen LogP contribution < -0.4 is 4.74 Å². The number of halogens is 2. The lowest BCUT2D eigenvalue weighted by molar-refractivity contribution is -0.222. The molecule has 0 bridgehead atoms. The summed E-state index contributed by atoms with van der Waals surface area (Å²) in [7, 11) is 1.47. The fourth-order valence-corrected chi connectivity index (χ4v) is 4.15. The van der Waals surface area contributed by atoms with E-state index in [1.807, 2.05) is 6.07 Å². The topological polar surface area (TPSA) is 98.5 Å². The van der Waals surface area contributed by atoms with Crippen molar-refractivity contribution in [1.29, 1.82) is 5.26 Å². The third kappa shape index (κ3) is 5.49. The molecule has 3 rings (SSSR count). The molecule has 1 aromatic carbocycles. The van der Waals surface area contributed by atoms with Crippen LogP contribution in [0.1, 0.15) is 48.2 Å². The van der Waals surface area contributed by atoms with Crippen LogP contribution in [0.4, 0.5) is 8.78 Å². The molecule has 1 saturated heterocycles. The highest BCUT2D eigenvalue weighted by atomic mass is 32.2. The van der Waals surface area contributed by atoms with Crippen LogP contribution in [0.25, 0.3) is 6.08 Å². The molecule has 1 aliphatic heterocycles. The number of nitrogens with zero attached hydrogens (tertiary/aromatic N) is 2. The molecule has 172 valence electrons. The van der Waals surface area contributed by atoms with Crippen molar-refractivity contribution in [2.45, 2.75) is 43.8 Å². The van der Waals surface area contributed by atoms with E-state index in [0.717, 1.165) is 11.8 Å². The molecule has 2 aromatic rings. The Kier molecular flexibility index (Phi) is 7.03. The van der Waals surface area contributed by atoms with E-state index in [9.17, 15) is 23.6 Å². The number of hydrogen-bond acceptors (Lipinski definition) is 8. The van der Waals surface area contributed by atoms with Crippen LogP contribution in [0.15, 0.2) is 34.9 Å². The highest BCUT2D eigenvalue weighted by molar-refractivity contribution is 7.98. The number of benzene rings is 1. The Balaban J connectivity index is 1.91. The first-order chi connectivity index (χ1) is 15.5. The Bertz CT molecular complexity index is 1170. The minimum Gasteiger partial charge on any atom is -0.496 e. The largest absolute Gasteiger partial charge is 0.496 e. The Hall–Kier alpha value is -3.45. The monoisotopic (exact) mass is 474 g/mol. The second-order valence-electron chi connectivity index (χ2n) is 7.55. The van der Waals surface area contributed by atoms with Gasteiger partial charge < -0.3 is 14.2 Å². The molecule has 0 unspecified atom stereocenters. The molecule has 0 aliphatic carbocycles. The Labute approximate surface area is 193 Å². The molecule has 0 spiro atoms. The number of carbonyl (C=O) groups is 2. The number of hydrogen-bond donors (Lipinski definition) is 0. The van der Waals surface area contributed by atoms with E-state index in [4.69, 9.17) is 14.2 Å². The second kappa shape index (κ2) is 9.58. The summed E-state index contributed by atoms with van der Waals surface area (Å²) in [6.07, 6.45) is -1.42. The van der Waals surface area contributed by atoms with Gasteiger partial charge in [0.25, 0.3) is 12.2 Å². The van der Waals surface area contributed by atoms with Gasteiger partial charge >= 0.3 is 11.9 Å². The van der Waals surface area contributed by atoms with E-state index < -0.39 is 29.8 Å². The fraction of sp³-hybridized carbons (Fsp3) is 0.304. The maximum Gasteiger partial charge on any atom is 0.348 e. The molecule has 1 aliphatic rings. The maximum absolute atomic E-state index is 13.2. The van der Waals surface area contributed by atoms with E-state index in [2.05, 4.69) is 4.98 Å². The highest BCUT2D eigenvalue weighted by Crippen LogP contribution is 2.33. The Morgan fingerprint density at radius 3 is 2.48 bits per heavy atom. The van der Waals surface area contributed by atoms with Gasteiger partial charge in [0.15, 0.2) is 0 Å². The summed E-state index contributed by atoms with van der Waals surface area (Å²) in [5, 5.41) is 9.61. The smallest absolute Gasteiger partial charge is 0.348 e. The summed E-state index contributed by atoms with van der Waals surface area (Å²) in [6.45, 7) is 4.49. The summed E-state index contributed by atoms with van der Waals surface area (Å²) in [5.74, 6) is -2.21. The second-order valence-corrected chi connectivity index (χ2v) is 8.52. The maximum atomic E-state index is 13.2. The summed E-state index contributed by atoms with van der Waals surface area (Å²) < 4.78 is 41.9. The average Bonchev–Trinajstić information content (AvgIpc) is 2.73. The van der Waals surface area contributed by atoms with Gasteiger partial charge in [0.1, 0.15) is 28.1 Å². The van der Waals surface area contributed by atoms with Gasteiger partial charge in [-0.2, -0.15) is 5.26 Å². The van der Waals surface area contributed by atoms with Crippen LogP contribution in [0.3, 0.4) is 0 Å². The zero-order chi connectivity index (χ0) is 24.3. The Morgan fingerprint density at radius 2 is 1.91 bits per heavy atom. The van der Waals surface area contributed by atoms with E-state index in [1.54, 1.807) is 25.1 Å². The lowest BCUT2D eigenvalue weighted by Gasteiger charge is -2.29. The third-order valence-corrected chi connectivity index (χ3v) is 5.66. The number of aryl methyl sites for hydroxylation is 1. The molecule has 1 fully saturated rings. The number of methoxy groups -OCH3 is 1. The van der Waals surface area contributed by atoms with E-state index >= 15 is 0 Å². The third-order valence-electron chi connectivity index (χ3n) is 4.64. The number of thioether (sulfide) groups is 1. The molecule has 7 nitrogen and oxygen atoms in total. The normalized spacial score (nSPS) is 15.0.